The van der Waals surface area contributed by atoms with E-state index in [2.05, 4.69) is 10.6 Å². The molecule has 20 heavy (non-hydrogen) atoms. The maximum Gasteiger partial charge on any atom is 0.326 e. The second-order valence-electron chi connectivity index (χ2n) is 4.08. The summed E-state index contributed by atoms with van der Waals surface area (Å²) in [7, 11) is 0. The van der Waals surface area contributed by atoms with Crippen LogP contribution < -0.4 is 10.6 Å². The standard InChI is InChI=1S/C13H14FN3O3/c1-2-3-11(12(18)19)17-13(20)16-10-5-4-8(7-15)6-9(10)14/h4-6,11H,2-3H2,1H3,(H,18,19)(H2,16,17,20)/t11-/m1/s1. The Morgan fingerprint density at radius 2 is 2.20 bits per heavy atom. The topological polar surface area (TPSA) is 102 Å². The smallest absolute Gasteiger partial charge is 0.326 e. The Hall–Kier alpha value is -2.62. The van der Waals surface area contributed by atoms with Crippen LogP contribution in [0.15, 0.2) is 18.2 Å². The van der Waals surface area contributed by atoms with Gasteiger partial charge >= 0.3 is 12.0 Å². The molecule has 1 aromatic rings. The average molecular weight is 279 g/mol. The average Bonchev–Trinajstić information content (AvgIpc) is 2.40. The van der Waals surface area contributed by atoms with Crippen LogP contribution in [0.4, 0.5) is 14.9 Å². The molecular formula is C13H14FN3O3. The third kappa shape index (κ3) is 4.24. The molecule has 0 radical (unpaired) electrons. The van der Waals surface area contributed by atoms with Crippen LogP contribution in [-0.2, 0) is 4.79 Å². The zero-order valence-corrected chi connectivity index (χ0v) is 10.8. The van der Waals surface area contributed by atoms with Gasteiger partial charge in [0.25, 0.3) is 0 Å². The van der Waals surface area contributed by atoms with Crippen LogP contribution in [0.25, 0.3) is 0 Å². The summed E-state index contributed by atoms with van der Waals surface area (Å²) in [5, 5.41) is 21.9. The fourth-order valence-electron chi connectivity index (χ4n) is 1.55. The Morgan fingerprint density at radius 3 is 2.70 bits per heavy atom. The van der Waals surface area contributed by atoms with Gasteiger partial charge in [0.1, 0.15) is 11.9 Å². The summed E-state index contributed by atoms with van der Waals surface area (Å²) >= 11 is 0. The summed E-state index contributed by atoms with van der Waals surface area (Å²) in [6.07, 6.45) is 0.862. The molecule has 1 atom stereocenters. The number of nitrogens with zero attached hydrogens (tertiary/aromatic N) is 1. The number of hydrogen-bond donors (Lipinski definition) is 3. The maximum absolute atomic E-state index is 13.5. The minimum atomic E-state index is -1.15. The van der Waals surface area contributed by atoms with Crippen LogP contribution in [-0.4, -0.2) is 23.1 Å². The SMILES string of the molecule is CCC[C@@H](NC(=O)Nc1ccc(C#N)cc1F)C(=O)O. The number of urea groups is 1. The Balaban J connectivity index is 2.71. The van der Waals surface area contributed by atoms with E-state index in [0.29, 0.717) is 6.42 Å². The first kappa shape index (κ1) is 15.4. The van der Waals surface area contributed by atoms with Gasteiger partial charge in [0, 0.05) is 0 Å². The van der Waals surface area contributed by atoms with E-state index in [1.165, 1.54) is 12.1 Å². The van der Waals surface area contributed by atoms with Crippen molar-refractivity contribution in [2.75, 3.05) is 5.32 Å². The third-order valence-electron chi connectivity index (χ3n) is 2.53. The molecule has 0 unspecified atom stereocenters. The van der Waals surface area contributed by atoms with Gasteiger partial charge in [-0.05, 0) is 24.6 Å². The molecule has 0 aliphatic heterocycles. The van der Waals surface area contributed by atoms with Crippen molar-refractivity contribution in [1.29, 1.82) is 5.26 Å². The monoisotopic (exact) mass is 279 g/mol. The number of carboxylic acid groups (broad SMARTS) is 1. The highest BCUT2D eigenvalue weighted by Gasteiger charge is 2.19. The molecule has 1 aromatic carbocycles. The molecule has 0 aliphatic rings. The van der Waals surface area contributed by atoms with Crippen molar-refractivity contribution in [3.8, 4) is 6.07 Å². The van der Waals surface area contributed by atoms with Gasteiger partial charge in [-0.2, -0.15) is 5.26 Å². The molecule has 0 aromatic heterocycles. The Labute approximate surface area is 115 Å². The van der Waals surface area contributed by atoms with Crippen LogP contribution in [0.1, 0.15) is 25.3 Å². The normalized spacial score (nSPS) is 11.2. The first-order valence-corrected chi connectivity index (χ1v) is 5.98. The van der Waals surface area contributed by atoms with Crippen molar-refractivity contribution >= 4 is 17.7 Å². The fraction of sp³-hybridized carbons (Fsp3) is 0.308. The van der Waals surface area contributed by atoms with E-state index < -0.39 is 23.9 Å². The predicted molar refractivity (Wildman–Crippen MR) is 69.6 cm³/mol. The summed E-state index contributed by atoms with van der Waals surface area (Å²) in [4.78, 5) is 22.5. The van der Waals surface area contributed by atoms with Crippen LogP contribution in [0.3, 0.4) is 0 Å². The summed E-state index contributed by atoms with van der Waals surface area (Å²) in [6.45, 7) is 1.79. The number of carbonyl (C=O) groups excluding carboxylic acids is 1. The van der Waals surface area contributed by atoms with Crippen LogP contribution in [0, 0.1) is 17.1 Å². The molecule has 0 fully saturated rings. The molecule has 106 valence electrons. The van der Waals surface area contributed by atoms with Gasteiger partial charge in [-0.25, -0.2) is 14.0 Å². The predicted octanol–water partition coefficient (Wildman–Crippen LogP) is 2.07. The first-order chi connectivity index (χ1) is 9.47. The van der Waals surface area contributed by atoms with E-state index in [4.69, 9.17) is 10.4 Å². The van der Waals surface area contributed by atoms with Gasteiger partial charge in [-0.1, -0.05) is 13.3 Å². The van der Waals surface area contributed by atoms with Crippen molar-refractivity contribution in [3.63, 3.8) is 0 Å². The quantitative estimate of drug-likeness (QED) is 0.767. The second-order valence-corrected chi connectivity index (χ2v) is 4.08. The molecule has 0 heterocycles. The number of carboxylic acids is 1. The second kappa shape index (κ2) is 7.09. The summed E-state index contributed by atoms with van der Waals surface area (Å²) in [6, 6.07) is 3.50. The Morgan fingerprint density at radius 1 is 1.50 bits per heavy atom. The van der Waals surface area contributed by atoms with Crippen molar-refractivity contribution in [3.05, 3.63) is 29.6 Å². The van der Waals surface area contributed by atoms with Gasteiger partial charge in [-0.3, -0.25) is 0 Å². The summed E-state index contributed by atoms with van der Waals surface area (Å²) in [5.41, 5.74) is 0.00462. The molecule has 0 aliphatic carbocycles. The van der Waals surface area contributed by atoms with Crippen molar-refractivity contribution < 1.29 is 19.1 Å². The number of nitrogens with one attached hydrogen (secondary N) is 2. The van der Waals surface area contributed by atoms with E-state index in [9.17, 15) is 14.0 Å². The number of aliphatic carboxylic acids is 1. The zero-order valence-electron chi connectivity index (χ0n) is 10.8. The van der Waals surface area contributed by atoms with Gasteiger partial charge in [0.2, 0.25) is 0 Å². The van der Waals surface area contributed by atoms with Gasteiger partial charge < -0.3 is 15.7 Å². The van der Waals surface area contributed by atoms with Gasteiger partial charge in [0.05, 0.1) is 17.3 Å². The van der Waals surface area contributed by atoms with E-state index in [1.807, 2.05) is 0 Å². The van der Waals surface area contributed by atoms with Crippen molar-refractivity contribution in [2.24, 2.45) is 0 Å². The number of amides is 2. The molecule has 6 nitrogen and oxygen atoms in total. The fourth-order valence-corrected chi connectivity index (χ4v) is 1.55. The molecule has 0 saturated carbocycles. The molecule has 3 N–H and O–H groups in total. The number of rotatable bonds is 5. The maximum atomic E-state index is 13.5. The van der Waals surface area contributed by atoms with E-state index in [1.54, 1.807) is 13.0 Å². The summed E-state index contributed by atoms with van der Waals surface area (Å²) < 4.78 is 13.5. The number of hydrogen-bond acceptors (Lipinski definition) is 3. The number of carbonyl (C=O) groups is 2. The third-order valence-corrected chi connectivity index (χ3v) is 2.53. The van der Waals surface area contributed by atoms with Crippen molar-refractivity contribution in [2.45, 2.75) is 25.8 Å². The lowest BCUT2D eigenvalue weighted by Crippen LogP contribution is -2.43. The van der Waals surface area contributed by atoms with E-state index in [-0.39, 0.29) is 17.7 Å². The van der Waals surface area contributed by atoms with Gasteiger partial charge in [0.15, 0.2) is 0 Å². The largest absolute Gasteiger partial charge is 0.480 e. The Kier molecular flexibility index (Phi) is 5.47. The number of nitriles is 1. The lowest BCUT2D eigenvalue weighted by Gasteiger charge is -2.14. The molecular weight excluding hydrogens is 265 g/mol. The minimum Gasteiger partial charge on any atom is -0.480 e. The molecule has 1 rings (SSSR count). The molecule has 0 bridgehead atoms. The van der Waals surface area contributed by atoms with Crippen molar-refractivity contribution in [1.82, 2.24) is 5.32 Å². The summed E-state index contributed by atoms with van der Waals surface area (Å²) in [5.74, 6) is -1.91. The number of halogens is 1. The molecule has 7 heteroatoms. The highest BCUT2D eigenvalue weighted by Crippen LogP contribution is 2.15. The number of anilines is 1. The molecule has 0 spiro atoms. The molecule has 0 saturated heterocycles. The Bertz CT molecular complexity index is 554. The highest BCUT2D eigenvalue weighted by molar-refractivity contribution is 5.92. The minimum absolute atomic E-state index is 0.123. The lowest BCUT2D eigenvalue weighted by molar-refractivity contribution is -0.139. The van der Waals surface area contributed by atoms with Crippen LogP contribution in [0.2, 0.25) is 0 Å². The zero-order chi connectivity index (χ0) is 15.1. The van der Waals surface area contributed by atoms with Gasteiger partial charge in [-0.15, -0.1) is 0 Å². The molecule has 2 amide bonds. The highest BCUT2D eigenvalue weighted by atomic mass is 19.1. The van der Waals surface area contributed by atoms with E-state index in [0.717, 1.165) is 6.07 Å². The van der Waals surface area contributed by atoms with E-state index >= 15 is 0 Å². The van der Waals surface area contributed by atoms with Crippen LogP contribution in [0.5, 0.6) is 0 Å². The van der Waals surface area contributed by atoms with Crippen LogP contribution >= 0.6 is 0 Å². The first-order valence-electron chi connectivity index (χ1n) is 5.98. The lowest BCUT2D eigenvalue weighted by atomic mass is 10.2. The number of benzene rings is 1.